The molecule has 1 nitrogen and oxygen atoms in total. The molecule has 0 aliphatic rings. The first-order valence-corrected chi connectivity index (χ1v) is 7.33. The molecule has 2 atom stereocenters. The number of rotatable bonds is 5. The SMILES string of the molecule is CC(CNC(C)c1cccs1)c1cccs1. The molecule has 2 unspecified atom stereocenters. The van der Waals surface area contributed by atoms with E-state index < -0.39 is 0 Å². The largest absolute Gasteiger partial charge is 0.309 e. The molecule has 0 aliphatic heterocycles. The molecular formula is C13H17NS2. The van der Waals surface area contributed by atoms with Crippen molar-refractivity contribution in [2.24, 2.45) is 0 Å². The molecule has 0 aromatic carbocycles. The molecule has 0 saturated carbocycles. The molecule has 3 heteroatoms. The van der Waals surface area contributed by atoms with Crippen molar-refractivity contribution in [2.45, 2.75) is 25.8 Å². The first-order chi connectivity index (χ1) is 7.77. The van der Waals surface area contributed by atoms with E-state index in [9.17, 15) is 0 Å². The predicted octanol–water partition coefficient (Wildman–Crippen LogP) is 4.26. The van der Waals surface area contributed by atoms with Crippen LogP contribution in [0.2, 0.25) is 0 Å². The molecular weight excluding hydrogens is 234 g/mol. The molecule has 0 radical (unpaired) electrons. The van der Waals surface area contributed by atoms with Gasteiger partial charge < -0.3 is 5.32 Å². The molecule has 86 valence electrons. The fourth-order valence-electron chi connectivity index (χ4n) is 1.66. The van der Waals surface area contributed by atoms with Crippen LogP contribution in [0.3, 0.4) is 0 Å². The highest BCUT2D eigenvalue weighted by atomic mass is 32.1. The maximum absolute atomic E-state index is 3.59. The molecule has 0 amide bonds. The minimum atomic E-state index is 0.461. The van der Waals surface area contributed by atoms with E-state index in [0.29, 0.717) is 12.0 Å². The molecule has 2 rings (SSSR count). The second-order valence-corrected chi connectivity index (χ2v) is 6.02. The quantitative estimate of drug-likeness (QED) is 0.837. The summed E-state index contributed by atoms with van der Waals surface area (Å²) in [5, 5.41) is 7.87. The van der Waals surface area contributed by atoms with E-state index >= 15 is 0 Å². The topological polar surface area (TPSA) is 12.0 Å². The smallest absolute Gasteiger partial charge is 0.0386 e. The second-order valence-electron chi connectivity index (χ2n) is 4.06. The third-order valence-corrected chi connectivity index (χ3v) is 4.89. The van der Waals surface area contributed by atoms with Gasteiger partial charge in [0.05, 0.1) is 0 Å². The molecule has 0 fully saturated rings. The molecule has 2 aromatic rings. The Hall–Kier alpha value is -0.640. The molecule has 0 spiro atoms. The van der Waals surface area contributed by atoms with Crippen LogP contribution in [0, 0.1) is 0 Å². The molecule has 2 aromatic heterocycles. The minimum Gasteiger partial charge on any atom is -0.309 e. The molecule has 0 saturated heterocycles. The van der Waals surface area contributed by atoms with Crippen LogP contribution in [0.5, 0.6) is 0 Å². The predicted molar refractivity (Wildman–Crippen MR) is 73.5 cm³/mol. The summed E-state index contributed by atoms with van der Waals surface area (Å²) in [4.78, 5) is 2.88. The van der Waals surface area contributed by atoms with Gasteiger partial charge in [-0.15, -0.1) is 22.7 Å². The Balaban J connectivity index is 1.84. The van der Waals surface area contributed by atoms with Gasteiger partial charge in [0, 0.05) is 28.3 Å². The number of hydrogen-bond acceptors (Lipinski definition) is 3. The van der Waals surface area contributed by atoms with Crippen molar-refractivity contribution in [1.29, 1.82) is 0 Å². The summed E-state index contributed by atoms with van der Waals surface area (Å²) in [5.74, 6) is 0.599. The van der Waals surface area contributed by atoms with Gasteiger partial charge >= 0.3 is 0 Å². The number of nitrogens with one attached hydrogen (secondary N) is 1. The van der Waals surface area contributed by atoms with Gasteiger partial charge in [0.2, 0.25) is 0 Å². The Kier molecular flexibility index (Phi) is 4.16. The zero-order valence-corrected chi connectivity index (χ0v) is 11.3. The van der Waals surface area contributed by atoms with E-state index in [1.54, 1.807) is 0 Å². The number of thiophene rings is 2. The van der Waals surface area contributed by atoms with Gasteiger partial charge in [-0.05, 0) is 29.8 Å². The van der Waals surface area contributed by atoms with E-state index in [2.05, 4.69) is 54.2 Å². The van der Waals surface area contributed by atoms with Crippen molar-refractivity contribution in [1.82, 2.24) is 5.32 Å². The molecule has 0 bridgehead atoms. The van der Waals surface area contributed by atoms with Gasteiger partial charge in [0.25, 0.3) is 0 Å². The summed E-state index contributed by atoms with van der Waals surface area (Å²) in [6.45, 7) is 5.55. The van der Waals surface area contributed by atoms with Crippen molar-refractivity contribution in [3.05, 3.63) is 44.8 Å². The van der Waals surface area contributed by atoms with Crippen LogP contribution in [0.1, 0.15) is 35.6 Å². The minimum absolute atomic E-state index is 0.461. The van der Waals surface area contributed by atoms with Gasteiger partial charge in [0.1, 0.15) is 0 Å². The Morgan fingerprint density at radius 2 is 1.69 bits per heavy atom. The van der Waals surface area contributed by atoms with Gasteiger partial charge in [-0.3, -0.25) is 0 Å². The van der Waals surface area contributed by atoms with Crippen LogP contribution >= 0.6 is 22.7 Å². The number of hydrogen-bond donors (Lipinski definition) is 1. The summed E-state index contributed by atoms with van der Waals surface area (Å²) >= 11 is 3.66. The highest BCUT2D eigenvalue weighted by molar-refractivity contribution is 7.10. The van der Waals surface area contributed by atoms with Crippen LogP contribution in [0.15, 0.2) is 35.0 Å². The molecule has 0 aliphatic carbocycles. The lowest BCUT2D eigenvalue weighted by Crippen LogP contribution is -2.22. The lowest BCUT2D eigenvalue weighted by molar-refractivity contribution is 0.546. The molecule has 1 N–H and O–H groups in total. The van der Waals surface area contributed by atoms with E-state index in [1.165, 1.54) is 9.75 Å². The Labute approximate surface area is 105 Å². The van der Waals surface area contributed by atoms with Crippen LogP contribution in [0.25, 0.3) is 0 Å². The highest BCUT2D eigenvalue weighted by Crippen LogP contribution is 2.22. The summed E-state index contributed by atoms with van der Waals surface area (Å²) in [5.41, 5.74) is 0. The van der Waals surface area contributed by atoms with Crippen LogP contribution in [0.4, 0.5) is 0 Å². The van der Waals surface area contributed by atoms with Crippen molar-refractivity contribution in [2.75, 3.05) is 6.54 Å². The molecule has 2 heterocycles. The lowest BCUT2D eigenvalue weighted by Gasteiger charge is -2.15. The summed E-state index contributed by atoms with van der Waals surface area (Å²) in [7, 11) is 0. The summed E-state index contributed by atoms with van der Waals surface area (Å²) < 4.78 is 0. The third-order valence-electron chi connectivity index (χ3n) is 2.73. The Morgan fingerprint density at radius 1 is 1.06 bits per heavy atom. The third kappa shape index (κ3) is 2.94. The highest BCUT2D eigenvalue weighted by Gasteiger charge is 2.10. The van der Waals surface area contributed by atoms with E-state index in [-0.39, 0.29) is 0 Å². The standard InChI is InChI=1S/C13H17NS2/c1-10(12-5-3-7-15-12)9-14-11(2)13-6-4-8-16-13/h3-8,10-11,14H,9H2,1-2H3. The van der Waals surface area contributed by atoms with Gasteiger partial charge in [-0.2, -0.15) is 0 Å². The average molecular weight is 251 g/mol. The van der Waals surface area contributed by atoms with Gasteiger partial charge in [-0.25, -0.2) is 0 Å². The van der Waals surface area contributed by atoms with E-state index in [0.717, 1.165) is 6.54 Å². The fraction of sp³-hybridized carbons (Fsp3) is 0.385. The maximum atomic E-state index is 3.59. The second kappa shape index (κ2) is 5.62. The zero-order valence-electron chi connectivity index (χ0n) is 9.64. The first-order valence-electron chi connectivity index (χ1n) is 5.57. The van der Waals surface area contributed by atoms with Crippen molar-refractivity contribution < 1.29 is 0 Å². The fourth-order valence-corrected chi connectivity index (χ4v) is 3.21. The Morgan fingerprint density at radius 3 is 2.25 bits per heavy atom. The lowest BCUT2D eigenvalue weighted by atomic mass is 10.1. The summed E-state index contributed by atoms with van der Waals surface area (Å²) in [6, 6.07) is 9.10. The van der Waals surface area contributed by atoms with Crippen LogP contribution in [-0.2, 0) is 0 Å². The van der Waals surface area contributed by atoms with Gasteiger partial charge in [-0.1, -0.05) is 19.1 Å². The van der Waals surface area contributed by atoms with E-state index in [4.69, 9.17) is 0 Å². The van der Waals surface area contributed by atoms with E-state index in [1.807, 2.05) is 22.7 Å². The summed E-state index contributed by atoms with van der Waals surface area (Å²) in [6.07, 6.45) is 0. The first kappa shape index (κ1) is 11.8. The van der Waals surface area contributed by atoms with Gasteiger partial charge in [0.15, 0.2) is 0 Å². The van der Waals surface area contributed by atoms with Crippen LogP contribution in [-0.4, -0.2) is 6.54 Å². The van der Waals surface area contributed by atoms with Crippen LogP contribution < -0.4 is 5.32 Å². The monoisotopic (exact) mass is 251 g/mol. The Bertz CT molecular complexity index is 351. The average Bonchev–Trinajstić information content (AvgIpc) is 2.95. The van der Waals surface area contributed by atoms with Crippen molar-refractivity contribution in [3.63, 3.8) is 0 Å². The maximum Gasteiger partial charge on any atom is 0.0386 e. The zero-order chi connectivity index (χ0) is 11.4. The molecule has 16 heavy (non-hydrogen) atoms. The van der Waals surface area contributed by atoms with Crippen molar-refractivity contribution in [3.8, 4) is 0 Å². The van der Waals surface area contributed by atoms with Crippen molar-refractivity contribution >= 4 is 22.7 Å². The normalized spacial score (nSPS) is 14.9.